The zero-order valence-electron chi connectivity index (χ0n) is 9.46. The first kappa shape index (κ1) is 13.4. The Labute approximate surface area is 97.2 Å². The van der Waals surface area contributed by atoms with E-state index in [9.17, 15) is 13.6 Å². The first-order valence-electron chi connectivity index (χ1n) is 4.90. The average molecular weight is 245 g/mol. The van der Waals surface area contributed by atoms with E-state index in [0.717, 1.165) is 12.1 Å². The molecule has 1 atom stereocenters. The van der Waals surface area contributed by atoms with Crippen molar-refractivity contribution in [2.24, 2.45) is 0 Å². The molecule has 94 valence electrons. The second-order valence-electron chi connectivity index (χ2n) is 3.73. The number of hydrogen-bond donors (Lipinski definition) is 2. The van der Waals surface area contributed by atoms with Gasteiger partial charge in [-0.3, -0.25) is 4.79 Å². The smallest absolute Gasteiger partial charge is 0.327 e. The number of carboxylic acids is 1. The van der Waals surface area contributed by atoms with Crippen LogP contribution in [0.1, 0.15) is 6.92 Å². The molecular weight excluding hydrogens is 232 g/mol. The molecule has 1 aromatic carbocycles. The molecule has 0 aliphatic rings. The Bertz CT molecular complexity index is 405. The zero-order chi connectivity index (χ0) is 13.1. The highest BCUT2D eigenvalue weighted by Crippen LogP contribution is 2.22. The second-order valence-corrected chi connectivity index (χ2v) is 3.73. The largest absolute Gasteiger partial charge is 0.485 e. The molecule has 0 radical (unpaired) electrons. The molecule has 0 aliphatic carbocycles. The van der Waals surface area contributed by atoms with Gasteiger partial charge in [0.1, 0.15) is 12.1 Å². The van der Waals surface area contributed by atoms with Gasteiger partial charge in [-0.05, 0) is 26.1 Å². The predicted octanol–water partition coefficient (Wildman–Crippen LogP) is 1.41. The molecule has 0 fully saturated rings. The minimum absolute atomic E-state index is 0.392. The number of aliphatic carboxylic acids is 1. The van der Waals surface area contributed by atoms with E-state index in [4.69, 9.17) is 9.84 Å². The average Bonchev–Trinajstić information content (AvgIpc) is 2.27. The fraction of sp³-hybridized carbons (Fsp3) is 0.364. The number of hydrogen-bond acceptors (Lipinski definition) is 3. The maximum atomic E-state index is 13.2. The Morgan fingerprint density at radius 3 is 2.41 bits per heavy atom. The minimum Gasteiger partial charge on any atom is -0.485 e. The Balaban J connectivity index is 2.83. The van der Waals surface area contributed by atoms with Crippen molar-refractivity contribution in [1.82, 2.24) is 5.32 Å². The van der Waals surface area contributed by atoms with Crippen LogP contribution in [0.2, 0.25) is 0 Å². The van der Waals surface area contributed by atoms with E-state index >= 15 is 0 Å². The molecule has 0 spiro atoms. The van der Waals surface area contributed by atoms with Crippen molar-refractivity contribution in [3.05, 3.63) is 29.8 Å². The van der Waals surface area contributed by atoms with E-state index in [1.54, 1.807) is 0 Å². The highest BCUT2D eigenvalue weighted by molar-refractivity contribution is 5.78. The van der Waals surface area contributed by atoms with Crippen molar-refractivity contribution in [3.63, 3.8) is 0 Å². The molecule has 0 amide bonds. The summed E-state index contributed by atoms with van der Waals surface area (Å²) in [6.07, 6.45) is 0. The van der Waals surface area contributed by atoms with Crippen LogP contribution in [0.4, 0.5) is 8.78 Å². The lowest BCUT2D eigenvalue weighted by Crippen LogP contribution is -2.52. The van der Waals surface area contributed by atoms with Crippen LogP contribution in [0.15, 0.2) is 18.2 Å². The van der Waals surface area contributed by atoms with Gasteiger partial charge in [0.15, 0.2) is 17.4 Å². The highest BCUT2D eigenvalue weighted by atomic mass is 19.1. The summed E-state index contributed by atoms with van der Waals surface area (Å²) in [5, 5.41) is 11.4. The monoisotopic (exact) mass is 245 g/mol. The van der Waals surface area contributed by atoms with Gasteiger partial charge in [0.25, 0.3) is 0 Å². The van der Waals surface area contributed by atoms with E-state index in [0.29, 0.717) is 0 Å². The molecule has 6 heteroatoms. The molecule has 0 bridgehead atoms. The first-order valence-corrected chi connectivity index (χ1v) is 4.90. The highest BCUT2D eigenvalue weighted by Gasteiger charge is 2.32. The number of carboxylic acid groups (broad SMARTS) is 1. The van der Waals surface area contributed by atoms with Crippen LogP contribution in [-0.2, 0) is 4.79 Å². The van der Waals surface area contributed by atoms with E-state index in [-0.39, 0.29) is 0 Å². The SMILES string of the molecule is CNC(C)(COc1c(F)cccc1F)C(=O)O. The third-order valence-corrected chi connectivity index (χ3v) is 2.45. The van der Waals surface area contributed by atoms with Gasteiger partial charge in [-0.25, -0.2) is 8.78 Å². The van der Waals surface area contributed by atoms with E-state index < -0.39 is 35.5 Å². The lowest BCUT2D eigenvalue weighted by atomic mass is 10.1. The van der Waals surface area contributed by atoms with Crippen LogP contribution < -0.4 is 10.1 Å². The van der Waals surface area contributed by atoms with Gasteiger partial charge in [-0.2, -0.15) is 0 Å². The number of benzene rings is 1. The van der Waals surface area contributed by atoms with Crippen LogP contribution in [0.5, 0.6) is 5.75 Å². The first-order chi connectivity index (χ1) is 7.90. The molecule has 1 rings (SSSR count). The lowest BCUT2D eigenvalue weighted by Gasteiger charge is -2.24. The quantitative estimate of drug-likeness (QED) is 0.823. The van der Waals surface area contributed by atoms with Gasteiger partial charge in [0.2, 0.25) is 0 Å². The predicted molar refractivity (Wildman–Crippen MR) is 57.0 cm³/mol. The van der Waals surface area contributed by atoms with Gasteiger partial charge in [-0.15, -0.1) is 0 Å². The third-order valence-electron chi connectivity index (χ3n) is 2.45. The van der Waals surface area contributed by atoms with Crippen LogP contribution in [0.3, 0.4) is 0 Å². The van der Waals surface area contributed by atoms with Gasteiger partial charge in [0.05, 0.1) is 0 Å². The number of nitrogens with one attached hydrogen (secondary N) is 1. The van der Waals surface area contributed by atoms with Crippen LogP contribution in [0.25, 0.3) is 0 Å². The molecular formula is C11H13F2NO3. The summed E-state index contributed by atoms with van der Waals surface area (Å²) < 4.78 is 31.3. The van der Waals surface area contributed by atoms with Crippen molar-refractivity contribution in [2.45, 2.75) is 12.5 Å². The molecule has 1 unspecified atom stereocenters. The fourth-order valence-corrected chi connectivity index (χ4v) is 1.08. The Kier molecular flexibility index (Phi) is 4.01. The van der Waals surface area contributed by atoms with Crippen molar-refractivity contribution in [2.75, 3.05) is 13.7 Å². The number of para-hydroxylation sites is 1. The minimum atomic E-state index is -1.41. The molecule has 17 heavy (non-hydrogen) atoms. The lowest BCUT2D eigenvalue weighted by molar-refractivity contribution is -0.145. The maximum absolute atomic E-state index is 13.2. The summed E-state index contributed by atoms with van der Waals surface area (Å²) >= 11 is 0. The van der Waals surface area contributed by atoms with Crippen LogP contribution >= 0.6 is 0 Å². The summed E-state index contributed by atoms with van der Waals surface area (Å²) in [5.74, 6) is -3.48. The molecule has 0 saturated carbocycles. The van der Waals surface area contributed by atoms with Crippen LogP contribution in [-0.4, -0.2) is 30.3 Å². The number of carbonyl (C=O) groups is 1. The van der Waals surface area contributed by atoms with Gasteiger partial charge < -0.3 is 15.2 Å². The summed E-state index contributed by atoms with van der Waals surface area (Å²) in [4.78, 5) is 10.9. The van der Waals surface area contributed by atoms with E-state index in [1.165, 1.54) is 20.0 Å². The molecule has 4 nitrogen and oxygen atoms in total. The van der Waals surface area contributed by atoms with E-state index in [1.807, 2.05) is 0 Å². The Morgan fingerprint density at radius 1 is 1.47 bits per heavy atom. The Hall–Kier alpha value is -1.69. The maximum Gasteiger partial charge on any atom is 0.327 e. The van der Waals surface area contributed by atoms with Gasteiger partial charge in [-0.1, -0.05) is 6.07 Å². The number of ether oxygens (including phenoxy) is 1. The second kappa shape index (κ2) is 5.09. The Morgan fingerprint density at radius 2 is 2.00 bits per heavy atom. The fourth-order valence-electron chi connectivity index (χ4n) is 1.08. The number of halogens is 2. The van der Waals surface area contributed by atoms with Gasteiger partial charge in [0, 0.05) is 0 Å². The number of likely N-dealkylation sites (N-methyl/N-ethyl adjacent to an activating group) is 1. The normalized spacial score (nSPS) is 14.1. The van der Waals surface area contributed by atoms with Crippen molar-refractivity contribution in [3.8, 4) is 5.75 Å². The van der Waals surface area contributed by atoms with Crippen molar-refractivity contribution >= 4 is 5.97 Å². The third kappa shape index (κ3) is 2.91. The topological polar surface area (TPSA) is 58.6 Å². The van der Waals surface area contributed by atoms with Gasteiger partial charge >= 0.3 is 5.97 Å². The summed E-state index contributed by atoms with van der Waals surface area (Å²) in [7, 11) is 1.43. The van der Waals surface area contributed by atoms with Crippen molar-refractivity contribution in [1.29, 1.82) is 0 Å². The van der Waals surface area contributed by atoms with E-state index in [2.05, 4.69) is 5.32 Å². The molecule has 2 N–H and O–H groups in total. The molecule has 1 aromatic rings. The standard InChI is InChI=1S/C11H13F2NO3/c1-11(14-2,10(15)16)6-17-9-7(12)4-3-5-8(9)13/h3-5,14H,6H2,1-2H3,(H,15,16). The summed E-state index contributed by atoms with van der Waals surface area (Å²) in [6, 6.07) is 3.28. The van der Waals surface area contributed by atoms with Crippen molar-refractivity contribution < 1.29 is 23.4 Å². The number of rotatable bonds is 5. The summed E-state index contributed by atoms with van der Waals surface area (Å²) in [6.45, 7) is 0.963. The van der Waals surface area contributed by atoms with Crippen LogP contribution in [0, 0.1) is 11.6 Å². The molecule has 0 aliphatic heterocycles. The molecule has 0 aromatic heterocycles. The molecule has 0 saturated heterocycles. The molecule has 0 heterocycles. The zero-order valence-corrected chi connectivity index (χ0v) is 9.46. The summed E-state index contributed by atoms with van der Waals surface area (Å²) in [5.41, 5.74) is -1.41.